The van der Waals surface area contributed by atoms with Crippen LogP contribution in [0.5, 0.6) is 5.75 Å². The topological polar surface area (TPSA) is 21.8 Å². The fourth-order valence-corrected chi connectivity index (χ4v) is 7.11. The maximum Gasteiger partial charge on any atom is 0.242 e. The van der Waals surface area contributed by atoms with Crippen LogP contribution in [0.25, 0.3) is 0 Å². The summed E-state index contributed by atoms with van der Waals surface area (Å²) in [5.41, 5.74) is 3.68. The van der Waals surface area contributed by atoms with Gasteiger partial charge in [0.15, 0.2) is 0 Å². The molecule has 6 atom stereocenters. The molecule has 2 saturated carbocycles. The van der Waals surface area contributed by atoms with Gasteiger partial charge in [-0.05, 0) is 98.2 Å². The monoisotopic (exact) mass is 342 g/mol. The number of epoxide rings is 1. The lowest BCUT2D eigenvalue weighted by atomic mass is 9.55. The van der Waals surface area contributed by atoms with Crippen molar-refractivity contribution >= 4 is 8.32 Å². The molecule has 3 heteroatoms. The second kappa shape index (κ2) is 4.88. The van der Waals surface area contributed by atoms with E-state index in [1.807, 2.05) is 0 Å². The van der Waals surface area contributed by atoms with E-state index in [4.69, 9.17) is 9.16 Å². The number of aryl methyl sites for hydroxylation is 1. The predicted molar refractivity (Wildman–Crippen MR) is 99.1 cm³/mol. The predicted octanol–water partition coefficient (Wildman–Crippen LogP) is 5.13. The van der Waals surface area contributed by atoms with Crippen molar-refractivity contribution in [3.05, 3.63) is 29.3 Å². The van der Waals surface area contributed by atoms with Crippen LogP contribution >= 0.6 is 0 Å². The van der Waals surface area contributed by atoms with E-state index in [1.54, 1.807) is 11.1 Å². The summed E-state index contributed by atoms with van der Waals surface area (Å²) in [4.78, 5) is 0. The maximum atomic E-state index is 6.23. The van der Waals surface area contributed by atoms with Gasteiger partial charge in [0.25, 0.3) is 0 Å². The third-order valence-electron chi connectivity index (χ3n) is 7.28. The molecule has 0 amide bonds. The van der Waals surface area contributed by atoms with Crippen molar-refractivity contribution in [1.82, 2.24) is 0 Å². The highest BCUT2D eigenvalue weighted by Gasteiger charge is 2.66. The summed E-state index contributed by atoms with van der Waals surface area (Å²) in [5, 5.41) is 0. The molecule has 3 aliphatic carbocycles. The van der Waals surface area contributed by atoms with E-state index < -0.39 is 8.32 Å². The fourth-order valence-electron chi connectivity index (χ4n) is 6.27. The highest BCUT2D eigenvalue weighted by molar-refractivity contribution is 6.70. The Hall–Kier alpha value is -0.803. The van der Waals surface area contributed by atoms with Crippen molar-refractivity contribution in [2.24, 2.45) is 17.3 Å². The van der Waals surface area contributed by atoms with Crippen molar-refractivity contribution < 1.29 is 9.16 Å². The second-order valence-corrected chi connectivity index (χ2v) is 14.3. The minimum Gasteiger partial charge on any atom is -0.544 e. The van der Waals surface area contributed by atoms with E-state index in [2.05, 4.69) is 44.8 Å². The van der Waals surface area contributed by atoms with Crippen molar-refractivity contribution in [2.75, 3.05) is 0 Å². The number of rotatable bonds is 2. The van der Waals surface area contributed by atoms with Gasteiger partial charge < -0.3 is 9.16 Å². The van der Waals surface area contributed by atoms with Gasteiger partial charge in [-0.15, -0.1) is 0 Å². The molecule has 0 spiro atoms. The molecule has 0 bridgehead atoms. The van der Waals surface area contributed by atoms with Crippen LogP contribution in [0.15, 0.2) is 18.2 Å². The normalized spacial score (nSPS) is 42.6. The number of benzene rings is 1. The summed E-state index contributed by atoms with van der Waals surface area (Å²) in [6.45, 7) is 9.31. The lowest BCUT2D eigenvalue weighted by molar-refractivity contribution is 0.00419. The molecule has 130 valence electrons. The largest absolute Gasteiger partial charge is 0.544 e. The lowest BCUT2D eigenvalue weighted by Crippen LogP contribution is -2.42. The Balaban J connectivity index is 1.43. The van der Waals surface area contributed by atoms with E-state index in [0.717, 1.165) is 23.5 Å². The van der Waals surface area contributed by atoms with Gasteiger partial charge in [0.1, 0.15) is 5.75 Å². The van der Waals surface area contributed by atoms with Gasteiger partial charge >= 0.3 is 0 Å². The first kappa shape index (κ1) is 15.5. The van der Waals surface area contributed by atoms with E-state index >= 15 is 0 Å². The van der Waals surface area contributed by atoms with Gasteiger partial charge in [0.05, 0.1) is 12.2 Å². The van der Waals surface area contributed by atoms with Crippen molar-refractivity contribution in [3.8, 4) is 5.75 Å². The third-order valence-corrected chi connectivity index (χ3v) is 8.13. The van der Waals surface area contributed by atoms with Crippen LogP contribution in [0.1, 0.15) is 49.7 Å². The molecule has 24 heavy (non-hydrogen) atoms. The number of fused-ring (bicyclic) bond motifs is 7. The zero-order valence-electron chi connectivity index (χ0n) is 15.5. The van der Waals surface area contributed by atoms with Crippen molar-refractivity contribution in [2.45, 2.75) is 76.8 Å². The Kier molecular flexibility index (Phi) is 3.14. The Morgan fingerprint density at radius 3 is 2.83 bits per heavy atom. The smallest absolute Gasteiger partial charge is 0.242 e. The molecule has 5 rings (SSSR count). The van der Waals surface area contributed by atoms with Crippen LogP contribution in [-0.4, -0.2) is 20.5 Å². The van der Waals surface area contributed by atoms with Crippen LogP contribution in [0.3, 0.4) is 0 Å². The Labute approximate surface area is 147 Å². The molecule has 1 aromatic carbocycles. The maximum absolute atomic E-state index is 6.23. The molecule has 1 aromatic rings. The van der Waals surface area contributed by atoms with Gasteiger partial charge in [0.2, 0.25) is 8.32 Å². The van der Waals surface area contributed by atoms with Crippen LogP contribution in [0.2, 0.25) is 19.6 Å². The highest BCUT2D eigenvalue weighted by atomic mass is 28.4. The Bertz CT molecular complexity index is 679. The summed E-state index contributed by atoms with van der Waals surface area (Å²) in [6.07, 6.45) is 7.84. The number of hydrogen-bond acceptors (Lipinski definition) is 2. The molecule has 4 aliphatic rings. The molecule has 0 N–H and O–H groups in total. The molecule has 1 heterocycles. The SMILES string of the molecule is CC12CCC3c4ccc(O[Si](C)(C)C)cc4CCC3C1CC1OC12. The molecule has 0 aromatic heterocycles. The average molecular weight is 343 g/mol. The minimum atomic E-state index is -1.52. The molecule has 2 nitrogen and oxygen atoms in total. The first-order valence-electron chi connectivity index (χ1n) is 9.82. The van der Waals surface area contributed by atoms with Crippen LogP contribution in [-0.2, 0) is 11.2 Å². The molecule has 0 radical (unpaired) electrons. The first-order valence-corrected chi connectivity index (χ1v) is 13.2. The van der Waals surface area contributed by atoms with Gasteiger partial charge in [0, 0.05) is 0 Å². The van der Waals surface area contributed by atoms with Crippen molar-refractivity contribution in [3.63, 3.8) is 0 Å². The highest BCUT2D eigenvalue weighted by Crippen LogP contribution is 2.66. The molecular formula is C21H30O2Si. The molecule has 3 fully saturated rings. The third kappa shape index (κ3) is 2.24. The zero-order valence-corrected chi connectivity index (χ0v) is 16.5. The minimum absolute atomic E-state index is 0.476. The number of hydrogen-bond donors (Lipinski definition) is 0. The lowest BCUT2D eigenvalue weighted by Gasteiger charge is -2.50. The van der Waals surface area contributed by atoms with E-state index in [-0.39, 0.29) is 0 Å². The summed E-state index contributed by atoms with van der Waals surface area (Å²) >= 11 is 0. The summed E-state index contributed by atoms with van der Waals surface area (Å²) < 4.78 is 12.2. The van der Waals surface area contributed by atoms with E-state index in [1.165, 1.54) is 32.1 Å². The average Bonchev–Trinajstić information content (AvgIpc) is 3.22. The van der Waals surface area contributed by atoms with E-state index in [9.17, 15) is 0 Å². The molecule has 1 aliphatic heterocycles. The Morgan fingerprint density at radius 2 is 2.04 bits per heavy atom. The van der Waals surface area contributed by atoms with Crippen LogP contribution < -0.4 is 4.43 Å². The van der Waals surface area contributed by atoms with E-state index in [0.29, 0.717) is 17.6 Å². The summed E-state index contributed by atoms with van der Waals surface area (Å²) in [6, 6.07) is 6.99. The van der Waals surface area contributed by atoms with Gasteiger partial charge in [-0.1, -0.05) is 13.0 Å². The van der Waals surface area contributed by atoms with Gasteiger partial charge in [-0.25, -0.2) is 0 Å². The van der Waals surface area contributed by atoms with Gasteiger partial charge in [-0.3, -0.25) is 0 Å². The second-order valence-electron chi connectivity index (χ2n) is 9.87. The standard InChI is InChI=1S/C21H30O2Si/c1-21-10-9-16-15-8-6-14(23-24(2,3)4)11-13(15)5-7-17(16)18(21)12-19-20(21)22-19/h6,8,11,16-20H,5,7,9-10,12H2,1-4H3. The fraction of sp³-hybridized carbons (Fsp3) is 0.714. The van der Waals surface area contributed by atoms with Crippen LogP contribution in [0, 0.1) is 17.3 Å². The molecule has 6 unspecified atom stereocenters. The summed E-state index contributed by atoms with van der Waals surface area (Å²) in [7, 11) is -1.52. The molecular weight excluding hydrogens is 312 g/mol. The number of ether oxygens (including phenoxy) is 1. The first-order chi connectivity index (χ1) is 11.4. The quantitative estimate of drug-likeness (QED) is 0.549. The Morgan fingerprint density at radius 1 is 1.21 bits per heavy atom. The van der Waals surface area contributed by atoms with Crippen LogP contribution in [0.4, 0.5) is 0 Å². The zero-order chi connectivity index (χ0) is 16.7. The van der Waals surface area contributed by atoms with Gasteiger partial charge in [-0.2, -0.15) is 0 Å². The van der Waals surface area contributed by atoms with Crippen molar-refractivity contribution in [1.29, 1.82) is 0 Å². The summed E-state index contributed by atoms with van der Waals surface area (Å²) in [5.74, 6) is 3.66. The molecule has 1 saturated heterocycles.